The van der Waals surface area contributed by atoms with E-state index in [9.17, 15) is 4.79 Å². The van der Waals surface area contributed by atoms with Gasteiger partial charge in [0.1, 0.15) is 0 Å². The number of rotatable bonds is 4. The third-order valence-electron chi connectivity index (χ3n) is 2.77. The van der Waals surface area contributed by atoms with E-state index >= 15 is 0 Å². The molecule has 106 valence electrons. The Labute approximate surface area is 134 Å². The van der Waals surface area contributed by atoms with Gasteiger partial charge in [-0.2, -0.15) is 0 Å². The third kappa shape index (κ3) is 3.53. The lowest BCUT2D eigenvalue weighted by Crippen LogP contribution is -2.06. The predicted molar refractivity (Wildman–Crippen MR) is 93.4 cm³/mol. The quantitative estimate of drug-likeness (QED) is 0.554. The van der Waals surface area contributed by atoms with Gasteiger partial charge in [0.05, 0.1) is 10.2 Å². The lowest BCUT2D eigenvalue weighted by molar-refractivity contribution is -0.111. The molecule has 0 saturated heterocycles. The number of nitrogens with zero attached hydrogens (tertiary/aromatic N) is 1. The first-order valence-electron chi connectivity index (χ1n) is 6.22. The number of benzene rings is 1. The number of carbonyl (C=O) groups is 1. The number of hydrogen-bond acceptors (Lipinski definition) is 5. The fraction of sp³-hybridized carbons (Fsp3) is 0.0667. The summed E-state index contributed by atoms with van der Waals surface area (Å²) in [7, 11) is 0. The number of carbonyl (C=O) groups excluding carboxylic acids is 1. The first kappa shape index (κ1) is 14.3. The first-order valence-corrected chi connectivity index (χ1v) is 9.14. The van der Waals surface area contributed by atoms with Crippen molar-refractivity contribution < 1.29 is 4.79 Å². The highest BCUT2D eigenvalue weighted by Crippen LogP contribution is 2.29. The molecule has 3 rings (SSSR count). The maximum atomic E-state index is 11.9. The molecule has 0 aliphatic carbocycles. The summed E-state index contributed by atoms with van der Waals surface area (Å²) in [6.45, 7) is 0. The summed E-state index contributed by atoms with van der Waals surface area (Å²) in [5.74, 6) is -0.160. The molecule has 0 aliphatic rings. The molecule has 0 spiro atoms. The number of thioether (sulfide) groups is 1. The molecule has 21 heavy (non-hydrogen) atoms. The van der Waals surface area contributed by atoms with Crippen molar-refractivity contribution in [1.29, 1.82) is 0 Å². The van der Waals surface area contributed by atoms with Crippen molar-refractivity contribution in [2.24, 2.45) is 0 Å². The minimum Gasteiger partial charge on any atom is -0.298 e. The Morgan fingerprint density at radius 1 is 1.38 bits per heavy atom. The van der Waals surface area contributed by atoms with Crippen LogP contribution >= 0.6 is 34.4 Å². The van der Waals surface area contributed by atoms with Gasteiger partial charge >= 0.3 is 0 Å². The molecule has 0 aliphatic heterocycles. The molecule has 2 heterocycles. The van der Waals surface area contributed by atoms with Crippen LogP contribution < -0.4 is 5.32 Å². The number of nitrogens with one attached hydrogen (secondary N) is 1. The molecule has 3 aromatic rings. The molecule has 1 amide bonds. The summed E-state index contributed by atoms with van der Waals surface area (Å²) in [6, 6.07) is 10.0. The average molecular weight is 332 g/mol. The normalized spacial score (nSPS) is 11.3. The number of anilines is 1. The van der Waals surface area contributed by atoms with Crippen LogP contribution in [-0.4, -0.2) is 17.1 Å². The van der Waals surface area contributed by atoms with Crippen molar-refractivity contribution in [3.63, 3.8) is 0 Å². The molecule has 0 saturated carbocycles. The topological polar surface area (TPSA) is 42.0 Å². The Morgan fingerprint density at radius 3 is 3.05 bits per heavy atom. The Morgan fingerprint density at radius 2 is 2.29 bits per heavy atom. The summed E-state index contributed by atoms with van der Waals surface area (Å²) in [5, 5.41) is 5.42. The van der Waals surface area contributed by atoms with Crippen LogP contribution in [0.5, 0.6) is 0 Å². The minimum absolute atomic E-state index is 0.160. The molecule has 0 fully saturated rings. The van der Waals surface area contributed by atoms with Crippen LogP contribution in [0.25, 0.3) is 16.3 Å². The molecular formula is C15H12N2OS3. The maximum absolute atomic E-state index is 11.9. The molecule has 3 nitrogen and oxygen atoms in total. The SMILES string of the molecule is CSc1ccc2nc(NC(=O)/C=C/c3cccs3)sc2c1. The van der Waals surface area contributed by atoms with Crippen molar-refractivity contribution >= 4 is 61.8 Å². The van der Waals surface area contributed by atoms with Gasteiger partial charge in [-0.25, -0.2) is 4.98 Å². The van der Waals surface area contributed by atoms with Crippen LogP contribution in [-0.2, 0) is 4.79 Å². The van der Waals surface area contributed by atoms with Crippen molar-refractivity contribution in [2.75, 3.05) is 11.6 Å². The van der Waals surface area contributed by atoms with E-state index in [0.717, 1.165) is 15.1 Å². The van der Waals surface area contributed by atoms with Gasteiger partial charge < -0.3 is 0 Å². The third-order valence-corrected chi connectivity index (χ3v) is 5.26. The zero-order valence-corrected chi connectivity index (χ0v) is 13.6. The number of aromatic nitrogens is 1. The molecule has 1 N–H and O–H groups in total. The van der Waals surface area contributed by atoms with Crippen LogP contribution in [0.2, 0.25) is 0 Å². The average Bonchev–Trinajstić information content (AvgIpc) is 3.13. The van der Waals surface area contributed by atoms with Crippen molar-refractivity contribution in [3.8, 4) is 0 Å². The highest BCUT2D eigenvalue weighted by atomic mass is 32.2. The molecule has 0 atom stereocenters. The standard InChI is InChI=1S/C15H12N2OS3/c1-19-11-4-6-12-13(9-11)21-15(16-12)17-14(18)7-5-10-3-2-8-20-10/h2-9H,1H3,(H,16,17,18)/b7-5+. The van der Waals surface area contributed by atoms with Crippen LogP contribution in [0.15, 0.2) is 46.7 Å². The van der Waals surface area contributed by atoms with E-state index in [2.05, 4.69) is 16.4 Å². The summed E-state index contributed by atoms with van der Waals surface area (Å²) in [4.78, 5) is 18.5. The first-order chi connectivity index (χ1) is 10.2. The zero-order valence-electron chi connectivity index (χ0n) is 11.2. The zero-order chi connectivity index (χ0) is 14.7. The largest absolute Gasteiger partial charge is 0.298 e. The Balaban J connectivity index is 1.73. The second-order valence-corrected chi connectivity index (χ2v) is 7.08. The van der Waals surface area contributed by atoms with Gasteiger partial charge in [0.2, 0.25) is 5.91 Å². The fourth-order valence-electron chi connectivity index (χ4n) is 1.78. The second-order valence-electron chi connectivity index (χ2n) is 4.19. The molecule has 0 unspecified atom stereocenters. The van der Waals surface area contributed by atoms with E-state index in [0.29, 0.717) is 5.13 Å². The second kappa shape index (κ2) is 6.43. The lowest BCUT2D eigenvalue weighted by atomic mass is 10.3. The number of hydrogen-bond donors (Lipinski definition) is 1. The van der Waals surface area contributed by atoms with Crippen molar-refractivity contribution in [1.82, 2.24) is 4.98 Å². The Kier molecular flexibility index (Phi) is 4.38. The highest BCUT2D eigenvalue weighted by molar-refractivity contribution is 7.98. The van der Waals surface area contributed by atoms with Crippen molar-refractivity contribution in [2.45, 2.75) is 4.90 Å². The van der Waals surface area contributed by atoms with Crippen LogP contribution in [0.1, 0.15) is 4.88 Å². The minimum atomic E-state index is -0.160. The van der Waals surface area contributed by atoms with E-state index in [1.54, 1.807) is 29.2 Å². The Hall–Kier alpha value is -1.63. The van der Waals surface area contributed by atoms with Gasteiger partial charge in [0.25, 0.3) is 0 Å². The summed E-state index contributed by atoms with van der Waals surface area (Å²) < 4.78 is 1.08. The lowest BCUT2D eigenvalue weighted by Gasteiger charge is -1.94. The summed E-state index contributed by atoms with van der Waals surface area (Å²) in [6.07, 6.45) is 5.38. The van der Waals surface area contributed by atoms with Crippen LogP contribution in [0.3, 0.4) is 0 Å². The fourth-order valence-corrected chi connectivity index (χ4v) is 3.82. The molecular weight excluding hydrogens is 320 g/mol. The van der Waals surface area contributed by atoms with Gasteiger partial charge in [-0.3, -0.25) is 10.1 Å². The summed E-state index contributed by atoms with van der Waals surface area (Å²) in [5.41, 5.74) is 0.912. The smallest absolute Gasteiger partial charge is 0.250 e. The number of fused-ring (bicyclic) bond motifs is 1. The van der Waals surface area contributed by atoms with Crippen LogP contribution in [0.4, 0.5) is 5.13 Å². The van der Waals surface area contributed by atoms with Gasteiger partial charge in [0.15, 0.2) is 5.13 Å². The van der Waals surface area contributed by atoms with E-state index in [1.165, 1.54) is 22.3 Å². The molecule has 0 radical (unpaired) electrons. The number of thiophene rings is 1. The van der Waals surface area contributed by atoms with E-state index in [-0.39, 0.29) is 5.91 Å². The number of amides is 1. The van der Waals surface area contributed by atoms with Gasteiger partial charge in [-0.05, 0) is 42.0 Å². The van der Waals surface area contributed by atoms with Gasteiger partial charge in [-0.15, -0.1) is 23.1 Å². The highest BCUT2D eigenvalue weighted by Gasteiger charge is 2.06. The number of thiazole rings is 1. The summed E-state index contributed by atoms with van der Waals surface area (Å²) >= 11 is 4.78. The van der Waals surface area contributed by atoms with Crippen molar-refractivity contribution in [3.05, 3.63) is 46.7 Å². The van der Waals surface area contributed by atoms with Gasteiger partial charge in [-0.1, -0.05) is 17.4 Å². The van der Waals surface area contributed by atoms with E-state index in [1.807, 2.05) is 35.9 Å². The van der Waals surface area contributed by atoms with Crippen LogP contribution in [0, 0.1) is 0 Å². The predicted octanol–water partition coefficient (Wildman–Crippen LogP) is 4.73. The van der Waals surface area contributed by atoms with E-state index < -0.39 is 0 Å². The molecule has 0 bridgehead atoms. The maximum Gasteiger partial charge on any atom is 0.250 e. The van der Waals surface area contributed by atoms with Gasteiger partial charge in [0, 0.05) is 15.8 Å². The van der Waals surface area contributed by atoms with E-state index in [4.69, 9.17) is 0 Å². The molecule has 6 heteroatoms. The monoisotopic (exact) mass is 332 g/mol. The Bertz CT molecular complexity index is 790. The molecule has 2 aromatic heterocycles. The molecule has 1 aromatic carbocycles.